The molecule has 0 fully saturated rings. The molecule has 1 amide bonds. The first-order valence-corrected chi connectivity index (χ1v) is 6.03. The average molecular weight is 266 g/mol. The number of anilines is 2. The Hall–Kier alpha value is -2.84. The van der Waals surface area contributed by atoms with Gasteiger partial charge in [-0.15, -0.1) is 0 Å². The molecule has 0 aliphatic rings. The fourth-order valence-electron chi connectivity index (χ4n) is 1.84. The van der Waals surface area contributed by atoms with Gasteiger partial charge in [-0.05, 0) is 37.3 Å². The van der Waals surface area contributed by atoms with E-state index in [1.165, 1.54) is 0 Å². The molecule has 5 heteroatoms. The molecule has 0 aliphatic heterocycles. The Balaban J connectivity index is 2.28. The summed E-state index contributed by atoms with van der Waals surface area (Å²) >= 11 is 0. The summed E-state index contributed by atoms with van der Waals surface area (Å²) in [7, 11) is 0. The summed E-state index contributed by atoms with van der Waals surface area (Å²) < 4.78 is 0. The number of amides is 1. The zero-order valence-corrected chi connectivity index (χ0v) is 11.0. The molecule has 20 heavy (non-hydrogen) atoms. The minimum atomic E-state index is -0.281. The van der Waals surface area contributed by atoms with Crippen molar-refractivity contribution in [1.82, 2.24) is 0 Å². The van der Waals surface area contributed by atoms with Crippen LogP contribution in [0.1, 0.15) is 21.5 Å². The van der Waals surface area contributed by atoms with Crippen molar-refractivity contribution in [2.24, 2.45) is 5.84 Å². The summed E-state index contributed by atoms with van der Waals surface area (Å²) in [6.07, 6.45) is 0. The van der Waals surface area contributed by atoms with Gasteiger partial charge in [0.15, 0.2) is 0 Å². The fraction of sp³-hybridized carbons (Fsp3) is 0.0667. The maximum atomic E-state index is 12.3. The summed E-state index contributed by atoms with van der Waals surface area (Å²) in [5.74, 6) is 5.12. The van der Waals surface area contributed by atoms with Crippen molar-refractivity contribution in [1.29, 1.82) is 5.26 Å². The molecule has 2 aromatic carbocycles. The summed E-state index contributed by atoms with van der Waals surface area (Å²) in [6.45, 7) is 1.90. The highest BCUT2D eigenvalue weighted by molar-refractivity contribution is 6.08. The van der Waals surface area contributed by atoms with Gasteiger partial charge in [0, 0.05) is 5.69 Å². The molecule has 0 heterocycles. The molecule has 0 saturated heterocycles. The lowest BCUT2D eigenvalue weighted by Crippen LogP contribution is -2.17. The number of aryl methyl sites for hydroxylation is 1. The molecule has 2 aromatic rings. The second kappa shape index (κ2) is 5.87. The molecule has 0 aliphatic carbocycles. The third-order valence-electron chi connectivity index (χ3n) is 2.82. The number of nitrogens with zero attached hydrogens (tertiary/aromatic N) is 1. The van der Waals surface area contributed by atoms with E-state index in [1.54, 1.807) is 36.4 Å². The largest absolute Gasteiger partial charge is 0.323 e. The highest BCUT2D eigenvalue weighted by Crippen LogP contribution is 2.18. The van der Waals surface area contributed by atoms with Crippen molar-refractivity contribution >= 4 is 17.3 Å². The Bertz CT molecular complexity index is 689. The Labute approximate surface area is 117 Å². The van der Waals surface area contributed by atoms with Crippen LogP contribution in [0.25, 0.3) is 0 Å². The topological polar surface area (TPSA) is 90.9 Å². The van der Waals surface area contributed by atoms with Crippen LogP contribution in [0.3, 0.4) is 0 Å². The van der Waals surface area contributed by atoms with E-state index in [0.29, 0.717) is 22.5 Å². The zero-order chi connectivity index (χ0) is 14.5. The maximum Gasteiger partial charge on any atom is 0.257 e. The number of nitrogens with one attached hydrogen (secondary N) is 2. The van der Waals surface area contributed by atoms with E-state index in [9.17, 15) is 4.79 Å². The highest BCUT2D eigenvalue weighted by Gasteiger charge is 2.11. The van der Waals surface area contributed by atoms with Crippen LogP contribution < -0.4 is 16.6 Å². The van der Waals surface area contributed by atoms with Crippen LogP contribution >= 0.6 is 0 Å². The molecule has 100 valence electrons. The zero-order valence-electron chi connectivity index (χ0n) is 11.0. The minimum Gasteiger partial charge on any atom is -0.323 e. The van der Waals surface area contributed by atoms with E-state index in [1.807, 2.05) is 19.1 Å². The van der Waals surface area contributed by atoms with Crippen LogP contribution in [-0.4, -0.2) is 5.91 Å². The number of carbonyl (C=O) groups excluding carboxylic acids is 1. The highest BCUT2D eigenvalue weighted by atomic mass is 16.1. The van der Waals surface area contributed by atoms with Gasteiger partial charge in [0.05, 0.1) is 22.9 Å². The van der Waals surface area contributed by atoms with Gasteiger partial charge in [0.25, 0.3) is 5.91 Å². The first-order chi connectivity index (χ1) is 9.63. The lowest BCUT2D eigenvalue weighted by Gasteiger charge is -2.10. The van der Waals surface area contributed by atoms with Crippen LogP contribution in [0, 0.1) is 18.3 Å². The number of hydrazine groups is 1. The van der Waals surface area contributed by atoms with Crippen LogP contribution in [0.5, 0.6) is 0 Å². The number of nitrogen functional groups attached to an aromatic ring is 1. The van der Waals surface area contributed by atoms with Crippen molar-refractivity contribution < 1.29 is 4.79 Å². The first kappa shape index (κ1) is 13.6. The first-order valence-electron chi connectivity index (χ1n) is 6.03. The van der Waals surface area contributed by atoms with Crippen LogP contribution in [0.4, 0.5) is 11.4 Å². The lowest BCUT2D eigenvalue weighted by molar-refractivity contribution is 0.102. The molecule has 0 aromatic heterocycles. The maximum absolute atomic E-state index is 12.3. The van der Waals surface area contributed by atoms with Crippen molar-refractivity contribution in [3.8, 4) is 6.07 Å². The molecule has 0 atom stereocenters. The molecule has 0 unspecified atom stereocenters. The summed E-state index contributed by atoms with van der Waals surface area (Å²) in [5, 5.41) is 11.6. The molecule has 5 nitrogen and oxygen atoms in total. The van der Waals surface area contributed by atoms with Gasteiger partial charge in [-0.3, -0.25) is 10.6 Å². The van der Waals surface area contributed by atoms with Gasteiger partial charge in [-0.25, -0.2) is 0 Å². The summed E-state index contributed by atoms with van der Waals surface area (Å²) in [4.78, 5) is 12.3. The number of benzene rings is 2. The number of nitrogens with two attached hydrogens (primary N) is 1. The normalized spacial score (nSPS) is 9.65. The van der Waals surface area contributed by atoms with E-state index < -0.39 is 0 Å². The number of nitriles is 1. The molecule has 0 saturated carbocycles. The molecule has 4 N–H and O–H groups in total. The minimum absolute atomic E-state index is 0.281. The van der Waals surface area contributed by atoms with Gasteiger partial charge in [0.2, 0.25) is 0 Å². The van der Waals surface area contributed by atoms with Crippen LogP contribution in [0.2, 0.25) is 0 Å². The van der Waals surface area contributed by atoms with Crippen LogP contribution in [-0.2, 0) is 0 Å². The Morgan fingerprint density at radius 3 is 2.75 bits per heavy atom. The van der Waals surface area contributed by atoms with E-state index in [0.717, 1.165) is 5.56 Å². The van der Waals surface area contributed by atoms with Gasteiger partial charge < -0.3 is 10.7 Å². The molecule has 0 bridgehead atoms. The molecular formula is C15H14N4O. The fourth-order valence-corrected chi connectivity index (χ4v) is 1.84. The van der Waals surface area contributed by atoms with E-state index >= 15 is 0 Å². The Morgan fingerprint density at radius 2 is 2.05 bits per heavy atom. The smallest absolute Gasteiger partial charge is 0.257 e. The van der Waals surface area contributed by atoms with Gasteiger partial charge in [-0.1, -0.05) is 17.7 Å². The molecular weight excluding hydrogens is 252 g/mol. The van der Waals surface area contributed by atoms with Gasteiger partial charge in [0.1, 0.15) is 0 Å². The lowest BCUT2D eigenvalue weighted by atomic mass is 10.1. The van der Waals surface area contributed by atoms with Crippen molar-refractivity contribution in [2.75, 3.05) is 10.7 Å². The van der Waals surface area contributed by atoms with E-state index in [4.69, 9.17) is 11.1 Å². The Kier molecular flexibility index (Phi) is 3.99. The predicted octanol–water partition coefficient (Wildman–Crippen LogP) is 2.40. The Morgan fingerprint density at radius 1 is 1.25 bits per heavy atom. The summed E-state index contributed by atoms with van der Waals surface area (Å²) in [5.41, 5.74) is 5.51. The standard InChI is InChI=1S/C15H14N4O/c1-10-5-6-14(19-17)13(7-10)15(20)18-12-4-2-3-11(8-12)9-16/h2-8,19H,17H2,1H3,(H,18,20). The quantitative estimate of drug-likeness (QED) is 0.587. The van der Waals surface area contributed by atoms with Gasteiger partial charge >= 0.3 is 0 Å². The van der Waals surface area contributed by atoms with E-state index in [2.05, 4.69) is 10.7 Å². The number of rotatable bonds is 3. The third kappa shape index (κ3) is 2.94. The van der Waals surface area contributed by atoms with E-state index in [-0.39, 0.29) is 5.91 Å². The predicted molar refractivity (Wildman–Crippen MR) is 78.1 cm³/mol. The molecule has 0 radical (unpaired) electrons. The molecule has 2 rings (SSSR count). The van der Waals surface area contributed by atoms with Crippen molar-refractivity contribution in [3.05, 3.63) is 59.2 Å². The number of carbonyl (C=O) groups is 1. The number of hydrogen-bond donors (Lipinski definition) is 3. The number of hydrogen-bond acceptors (Lipinski definition) is 4. The summed E-state index contributed by atoms with van der Waals surface area (Å²) in [6, 6.07) is 14.1. The SMILES string of the molecule is Cc1ccc(NN)c(C(=O)Nc2cccc(C#N)c2)c1. The van der Waals surface area contributed by atoms with Gasteiger partial charge in [-0.2, -0.15) is 5.26 Å². The van der Waals surface area contributed by atoms with Crippen molar-refractivity contribution in [3.63, 3.8) is 0 Å². The monoisotopic (exact) mass is 266 g/mol. The second-order valence-electron chi connectivity index (χ2n) is 4.34. The second-order valence-corrected chi connectivity index (χ2v) is 4.34. The van der Waals surface area contributed by atoms with Crippen LogP contribution in [0.15, 0.2) is 42.5 Å². The average Bonchev–Trinajstić information content (AvgIpc) is 2.47. The molecule has 0 spiro atoms. The third-order valence-corrected chi connectivity index (χ3v) is 2.82. The van der Waals surface area contributed by atoms with Crippen molar-refractivity contribution in [2.45, 2.75) is 6.92 Å².